The summed E-state index contributed by atoms with van der Waals surface area (Å²) in [7, 11) is 0. The van der Waals surface area contributed by atoms with Gasteiger partial charge in [0.2, 0.25) is 5.56 Å². The summed E-state index contributed by atoms with van der Waals surface area (Å²) in [6, 6.07) is 13.2. The molecule has 0 saturated heterocycles. The lowest BCUT2D eigenvalue weighted by Crippen LogP contribution is -2.26. The highest BCUT2D eigenvalue weighted by Gasteiger charge is 2.11. The Bertz CT molecular complexity index is 667. The molecule has 0 bridgehead atoms. The standard InChI is InChI=1S/C16H17BrN2O2/c1-12(15-9-14(17)10-16(21)18-15)19(7-8-20)11-13-5-3-2-4-6-13/h2-6,9-10,20H,1,7-8,11H2,(H,18,21). The fourth-order valence-electron chi connectivity index (χ4n) is 2.07. The lowest BCUT2D eigenvalue weighted by atomic mass is 10.2. The maximum absolute atomic E-state index is 11.6. The van der Waals surface area contributed by atoms with Gasteiger partial charge in [-0.1, -0.05) is 52.8 Å². The van der Waals surface area contributed by atoms with Crippen LogP contribution >= 0.6 is 15.9 Å². The van der Waals surface area contributed by atoms with E-state index < -0.39 is 0 Å². The van der Waals surface area contributed by atoms with Crippen molar-refractivity contribution in [3.8, 4) is 0 Å². The molecule has 2 rings (SSSR count). The van der Waals surface area contributed by atoms with Crippen molar-refractivity contribution in [1.82, 2.24) is 9.88 Å². The first kappa shape index (κ1) is 15.5. The molecule has 0 aliphatic rings. The third kappa shape index (κ3) is 4.31. The van der Waals surface area contributed by atoms with Gasteiger partial charge in [0.05, 0.1) is 18.0 Å². The number of nitrogens with one attached hydrogen (secondary N) is 1. The van der Waals surface area contributed by atoms with Gasteiger partial charge in [-0.2, -0.15) is 0 Å². The molecule has 0 aliphatic heterocycles. The molecule has 0 amide bonds. The smallest absolute Gasteiger partial charge is 0.249 e. The van der Waals surface area contributed by atoms with Crippen molar-refractivity contribution in [3.63, 3.8) is 0 Å². The molecular weight excluding hydrogens is 332 g/mol. The van der Waals surface area contributed by atoms with Crippen LogP contribution in [-0.4, -0.2) is 28.1 Å². The summed E-state index contributed by atoms with van der Waals surface area (Å²) in [6.07, 6.45) is 0. The highest BCUT2D eigenvalue weighted by Crippen LogP contribution is 2.19. The van der Waals surface area contributed by atoms with Gasteiger partial charge in [0.25, 0.3) is 0 Å². The second-order valence-corrected chi connectivity index (χ2v) is 5.57. The van der Waals surface area contributed by atoms with E-state index in [1.807, 2.05) is 35.2 Å². The molecular formula is C16H17BrN2O2. The van der Waals surface area contributed by atoms with E-state index in [1.165, 1.54) is 6.07 Å². The minimum absolute atomic E-state index is 0.0179. The molecule has 5 heteroatoms. The van der Waals surface area contributed by atoms with Crippen molar-refractivity contribution in [1.29, 1.82) is 0 Å². The molecule has 1 aromatic carbocycles. The number of aliphatic hydroxyl groups is 1. The number of H-pyrrole nitrogens is 1. The van der Waals surface area contributed by atoms with Gasteiger partial charge < -0.3 is 15.0 Å². The number of hydrogen-bond acceptors (Lipinski definition) is 3. The predicted octanol–water partition coefficient (Wildman–Crippen LogP) is 2.60. The van der Waals surface area contributed by atoms with E-state index in [2.05, 4.69) is 27.5 Å². The van der Waals surface area contributed by atoms with Gasteiger partial charge in [-0.3, -0.25) is 4.79 Å². The first-order chi connectivity index (χ1) is 10.1. The Hall–Kier alpha value is -1.85. The summed E-state index contributed by atoms with van der Waals surface area (Å²) in [5.41, 5.74) is 2.23. The number of aromatic amines is 1. The monoisotopic (exact) mass is 348 g/mol. The zero-order valence-corrected chi connectivity index (χ0v) is 13.1. The minimum atomic E-state index is -0.191. The molecule has 2 N–H and O–H groups in total. The van der Waals surface area contributed by atoms with E-state index in [0.717, 1.165) is 5.56 Å². The zero-order valence-electron chi connectivity index (χ0n) is 11.6. The van der Waals surface area contributed by atoms with Crippen LogP contribution in [0.2, 0.25) is 0 Å². The zero-order chi connectivity index (χ0) is 15.2. The van der Waals surface area contributed by atoms with E-state index in [4.69, 9.17) is 0 Å². The largest absolute Gasteiger partial charge is 0.395 e. The van der Waals surface area contributed by atoms with E-state index in [-0.39, 0.29) is 12.2 Å². The highest BCUT2D eigenvalue weighted by atomic mass is 79.9. The normalized spacial score (nSPS) is 10.4. The fraction of sp³-hybridized carbons (Fsp3) is 0.188. The summed E-state index contributed by atoms with van der Waals surface area (Å²) in [4.78, 5) is 16.3. The van der Waals surface area contributed by atoms with E-state index in [0.29, 0.717) is 29.0 Å². The Labute approximate surface area is 131 Å². The maximum Gasteiger partial charge on any atom is 0.249 e. The van der Waals surface area contributed by atoms with Gasteiger partial charge in [0.1, 0.15) is 0 Å². The van der Waals surface area contributed by atoms with Crippen molar-refractivity contribution < 1.29 is 5.11 Å². The third-order valence-corrected chi connectivity index (χ3v) is 3.55. The number of hydrogen-bond donors (Lipinski definition) is 2. The van der Waals surface area contributed by atoms with Gasteiger partial charge in [0.15, 0.2) is 0 Å². The molecule has 2 aromatic rings. The van der Waals surface area contributed by atoms with E-state index >= 15 is 0 Å². The highest BCUT2D eigenvalue weighted by molar-refractivity contribution is 9.10. The van der Waals surface area contributed by atoms with Gasteiger partial charge in [-0.25, -0.2) is 0 Å². The lowest BCUT2D eigenvalue weighted by Gasteiger charge is -2.26. The molecule has 21 heavy (non-hydrogen) atoms. The second kappa shape index (κ2) is 7.24. The molecule has 4 nitrogen and oxygen atoms in total. The van der Waals surface area contributed by atoms with Crippen LogP contribution in [0.15, 0.2) is 58.3 Å². The van der Waals surface area contributed by atoms with Crippen LogP contribution in [0.25, 0.3) is 5.70 Å². The van der Waals surface area contributed by atoms with Crippen molar-refractivity contribution in [3.05, 3.63) is 75.1 Å². The molecule has 0 aliphatic carbocycles. The van der Waals surface area contributed by atoms with Crippen LogP contribution < -0.4 is 5.56 Å². The first-order valence-corrected chi connectivity index (χ1v) is 7.38. The van der Waals surface area contributed by atoms with Crippen molar-refractivity contribution >= 4 is 21.6 Å². The molecule has 0 radical (unpaired) electrons. The number of halogens is 1. The maximum atomic E-state index is 11.6. The molecule has 1 heterocycles. The third-order valence-electron chi connectivity index (χ3n) is 3.09. The summed E-state index contributed by atoms with van der Waals surface area (Å²) in [5, 5.41) is 9.26. The van der Waals surface area contributed by atoms with Gasteiger partial charge in [0, 0.05) is 23.6 Å². The van der Waals surface area contributed by atoms with Crippen molar-refractivity contribution in [2.45, 2.75) is 6.54 Å². The number of rotatable bonds is 6. The molecule has 110 valence electrons. The minimum Gasteiger partial charge on any atom is -0.395 e. The Balaban J connectivity index is 2.24. The first-order valence-electron chi connectivity index (χ1n) is 6.59. The molecule has 1 aromatic heterocycles. The molecule has 0 spiro atoms. The molecule has 0 fully saturated rings. The average Bonchev–Trinajstić information content (AvgIpc) is 2.46. The van der Waals surface area contributed by atoms with Crippen molar-refractivity contribution in [2.75, 3.05) is 13.2 Å². The van der Waals surface area contributed by atoms with Crippen LogP contribution in [-0.2, 0) is 6.54 Å². The Kier molecular flexibility index (Phi) is 5.36. The number of aromatic nitrogens is 1. The fourth-order valence-corrected chi connectivity index (χ4v) is 2.51. The summed E-state index contributed by atoms with van der Waals surface area (Å²) in [6.45, 7) is 5.13. The molecule has 0 unspecified atom stereocenters. The van der Waals surface area contributed by atoms with Crippen LogP contribution in [0.5, 0.6) is 0 Å². The van der Waals surface area contributed by atoms with Gasteiger partial charge in [-0.15, -0.1) is 0 Å². The second-order valence-electron chi connectivity index (χ2n) is 4.65. The van der Waals surface area contributed by atoms with Crippen molar-refractivity contribution in [2.24, 2.45) is 0 Å². The Morgan fingerprint density at radius 3 is 2.62 bits per heavy atom. The quantitative estimate of drug-likeness (QED) is 0.843. The van der Waals surface area contributed by atoms with Gasteiger partial charge >= 0.3 is 0 Å². The predicted molar refractivity (Wildman–Crippen MR) is 87.7 cm³/mol. The van der Waals surface area contributed by atoms with Crippen LogP contribution in [0.4, 0.5) is 0 Å². The Morgan fingerprint density at radius 2 is 2.00 bits per heavy atom. The summed E-state index contributed by atoms with van der Waals surface area (Å²) in [5.74, 6) is 0. The topological polar surface area (TPSA) is 56.3 Å². The number of nitrogens with zero attached hydrogens (tertiary/aromatic N) is 1. The molecule has 0 atom stereocenters. The van der Waals surface area contributed by atoms with Crippen LogP contribution in [0, 0.1) is 0 Å². The average molecular weight is 349 g/mol. The summed E-state index contributed by atoms with van der Waals surface area (Å²) < 4.78 is 0.700. The van der Waals surface area contributed by atoms with E-state index in [1.54, 1.807) is 6.07 Å². The van der Waals surface area contributed by atoms with Gasteiger partial charge in [-0.05, 0) is 11.6 Å². The SMILES string of the molecule is C=C(c1cc(Br)cc(=O)[nH]1)N(CCO)Cc1ccccc1. The van der Waals surface area contributed by atoms with Crippen LogP contribution in [0.3, 0.4) is 0 Å². The summed E-state index contributed by atoms with van der Waals surface area (Å²) >= 11 is 3.31. The lowest BCUT2D eigenvalue weighted by molar-refractivity contribution is 0.240. The van der Waals surface area contributed by atoms with Crippen LogP contribution in [0.1, 0.15) is 11.3 Å². The molecule has 0 saturated carbocycles. The van der Waals surface area contributed by atoms with E-state index in [9.17, 15) is 9.90 Å². The number of benzene rings is 1. The number of pyridine rings is 1. The number of aliphatic hydroxyl groups excluding tert-OH is 1. The Morgan fingerprint density at radius 1 is 1.29 bits per heavy atom.